The number of nitrogens with one attached hydrogen (secondary N) is 2. The van der Waals surface area contributed by atoms with Gasteiger partial charge in [0.25, 0.3) is 0 Å². The van der Waals surface area contributed by atoms with E-state index in [1.54, 1.807) is 0 Å². The third-order valence-electron chi connectivity index (χ3n) is 5.44. The molecule has 0 saturated carbocycles. The molecule has 0 aliphatic rings. The number of hydrogen-bond donors (Lipinski definition) is 3. The Labute approximate surface area is 178 Å². The fourth-order valence-corrected chi connectivity index (χ4v) is 3.96. The summed E-state index contributed by atoms with van der Waals surface area (Å²) in [5, 5.41) is 16.0. The maximum absolute atomic E-state index is 12.0. The molecule has 2 aromatic heterocycles. The van der Waals surface area contributed by atoms with E-state index in [-0.39, 0.29) is 0 Å². The molecule has 0 radical (unpaired) electrons. The number of carboxylic acids is 1. The van der Waals surface area contributed by atoms with Crippen LogP contribution in [0.15, 0.2) is 85.3 Å². The Morgan fingerprint density at radius 1 is 0.935 bits per heavy atom. The molecule has 3 aromatic carbocycles. The Morgan fingerprint density at radius 3 is 2.55 bits per heavy atom. The number of carboxylic acid groups (broad SMARTS) is 1. The number of aliphatic carboxylic acids is 1. The minimum Gasteiger partial charge on any atom is -0.480 e. The highest BCUT2D eigenvalue weighted by Gasteiger charge is 2.22. The molecule has 2 heterocycles. The fourth-order valence-electron chi connectivity index (χ4n) is 3.96. The Bertz CT molecular complexity index is 1370. The number of hydrogen-bond acceptors (Lipinski definition) is 4. The van der Waals surface area contributed by atoms with E-state index in [4.69, 9.17) is 0 Å². The first kappa shape index (κ1) is 18.8. The van der Waals surface area contributed by atoms with Gasteiger partial charge < -0.3 is 15.4 Å². The lowest BCUT2D eigenvalue weighted by Crippen LogP contribution is -2.32. The number of aromatic nitrogens is 3. The molecule has 6 nitrogen and oxygen atoms in total. The van der Waals surface area contributed by atoms with Crippen LogP contribution in [0.5, 0.6) is 0 Å². The summed E-state index contributed by atoms with van der Waals surface area (Å²) in [5.41, 5.74) is 3.57. The molecule has 3 N–H and O–H groups in total. The van der Waals surface area contributed by atoms with Gasteiger partial charge in [-0.1, -0.05) is 72.8 Å². The summed E-state index contributed by atoms with van der Waals surface area (Å²) in [6.45, 7) is 0. The maximum Gasteiger partial charge on any atom is 0.326 e. The normalized spacial score (nSPS) is 12.1. The van der Waals surface area contributed by atoms with Gasteiger partial charge in [0, 0.05) is 18.2 Å². The smallest absolute Gasteiger partial charge is 0.326 e. The van der Waals surface area contributed by atoms with E-state index in [2.05, 4.69) is 44.5 Å². The lowest BCUT2D eigenvalue weighted by molar-refractivity contribution is -0.137. The molecular formula is C25H20N4O2. The molecule has 6 heteroatoms. The first-order chi connectivity index (χ1) is 15.2. The highest BCUT2D eigenvalue weighted by molar-refractivity contribution is 6.08. The number of H-pyrrole nitrogens is 1. The molecule has 1 unspecified atom stereocenters. The van der Waals surface area contributed by atoms with Crippen LogP contribution < -0.4 is 5.32 Å². The first-order valence-electron chi connectivity index (χ1n) is 10.0. The third-order valence-corrected chi connectivity index (χ3v) is 5.44. The Hall–Kier alpha value is -4.19. The van der Waals surface area contributed by atoms with E-state index in [1.165, 1.54) is 6.33 Å². The van der Waals surface area contributed by atoms with Crippen LogP contribution in [0.2, 0.25) is 0 Å². The molecule has 0 fully saturated rings. The zero-order chi connectivity index (χ0) is 21.2. The molecular weight excluding hydrogens is 388 g/mol. The molecule has 5 aromatic rings. The van der Waals surface area contributed by atoms with Crippen molar-refractivity contribution in [3.8, 4) is 11.1 Å². The molecule has 31 heavy (non-hydrogen) atoms. The van der Waals surface area contributed by atoms with Crippen LogP contribution in [0, 0.1) is 0 Å². The molecule has 0 amide bonds. The summed E-state index contributed by atoms with van der Waals surface area (Å²) in [7, 11) is 0. The number of aromatic amines is 1. The third kappa shape index (κ3) is 3.59. The molecule has 0 aliphatic heterocycles. The molecule has 152 valence electrons. The zero-order valence-electron chi connectivity index (χ0n) is 16.6. The minimum absolute atomic E-state index is 0.343. The van der Waals surface area contributed by atoms with Crippen molar-refractivity contribution < 1.29 is 9.90 Å². The van der Waals surface area contributed by atoms with Gasteiger partial charge in [-0.15, -0.1) is 0 Å². The van der Waals surface area contributed by atoms with Crippen molar-refractivity contribution in [2.45, 2.75) is 12.5 Å². The highest BCUT2D eigenvalue weighted by Crippen LogP contribution is 2.36. The monoisotopic (exact) mass is 408 g/mol. The summed E-state index contributed by atoms with van der Waals surface area (Å²) < 4.78 is 0. The van der Waals surface area contributed by atoms with Crippen molar-refractivity contribution in [1.29, 1.82) is 0 Å². The maximum atomic E-state index is 12.0. The van der Waals surface area contributed by atoms with Gasteiger partial charge in [-0.3, -0.25) is 0 Å². The lowest BCUT2D eigenvalue weighted by Gasteiger charge is -2.16. The summed E-state index contributed by atoms with van der Waals surface area (Å²) >= 11 is 0. The number of carbonyl (C=O) groups is 1. The molecule has 5 rings (SSSR count). The van der Waals surface area contributed by atoms with Crippen LogP contribution in [-0.2, 0) is 11.2 Å². The number of anilines is 1. The Kier molecular flexibility index (Phi) is 4.80. The van der Waals surface area contributed by atoms with Crippen LogP contribution >= 0.6 is 0 Å². The molecule has 0 spiro atoms. The van der Waals surface area contributed by atoms with Gasteiger partial charge >= 0.3 is 5.97 Å². The largest absolute Gasteiger partial charge is 0.480 e. The predicted molar refractivity (Wildman–Crippen MR) is 122 cm³/mol. The van der Waals surface area contributed by atoms with Crippen molar-refractivity contribution in [3.63, 3.8) is 0 Å². The van der Waals surface area contributed by atoms with E-state index < -0.39 is 12.0 Å². The zero-order valence-corrected chi connectivity index (χ0v) is 16.6. The predicted octanol–water partition coefficient (Wildman–Crippen LogP) is 4.89. The Morgan fingerprint density at radius 2 is 1.71 bits per heavy atom. The average Bonchev–Trinajstić information content (AvgIpc) is 3.24. The van der Waals surface area contributed by atoms with Gasteiger partial charge in [-0.2, -0.15) is 0 Å². The van der Waals surface area contributed by atoms with Crippen molar-refractivity contribution >= 4 is 33.6 Å². The second-order valence-corrected chi connectivity index (χ2v) is 7.40. The van der Waals surface area contributed by atoms with Gasteiger partial charge in [0.1, 0.15) is 23.8 Å². The second-order valence-electron chi connectivity index (χ2n) is 7.40. The molecule has 1 atom stereocenters. The number of benzene rings is 3. The number of nitrogens with zero attached hydrogens (tertiary/aromatic N) is 2. The van der Waals surface area contributed by atoms with Crippen molar-refractivity contribution in [3.05, 3.63) is 90.9 Å². The van der Waals surface area contributed by atoms with Crippen molar-refractivity contribution in [2.75, 3.05) is 5.32 Å². The lowest BCUT2D eigenvalue weighted by atomic mass is 9.98. The number of fused-ring (bicyclic) bond motifs is 2. The molecule has 0 aliphatic carbocycles. The van der Waals surface area contributed by atoms with Crippen LogP contribution in [-0.4, -0.2) is 32.1 Å². The molecule has 0 saturated heterocycles. The summed E-state index contributed by atoms with van der Waals surface area (Å²) in [6.07, 6.45) is 3.68. The Balaban J connectivity index is 1.60. The van der Waals surface area contributed by atoms with E-state index >= 15 is 0 Å². The average molecular weight is 408 g/mol. The van der Waals surface area contributed by atoms with Crippen molar-refractivity contribution in [2.24, 2.45) is 0 Å². The van der Waals surface area contributed by atoms with E-state index in [0.29, 0.717) is 17.9 Å². The second kappa shape index (κ2) is 7.91. The van der Waals surface area contributed by atoms with E-state index in [9.17, 15) is 9.90 Å². The van der Waals surface area contributed by atoms with Crippen LogP contribution in [0.25, 0.3) is 32.9 Å². The summed E-state index contributed by atoms with van der Waals surface area (Å²) in [4.78, 5) is 24.0. The number of rotatable bonds is 6. The van der Waals surface area contributed by atoms with Crippen LogP contribution in [0.1, 0.15) is 5.56 Å². The van der Waals surface area contributed by atoms with Gasteiger partial charge in [-0.05, 0) is 21.9 Å². The van der Waals surface area contributed by atoms with Gasteiger partial charge in [0.15, 0.2) is 0 Å². The summed E-state index contributed by atoms with van der Waals surface area (Å²) in [5.74, 6) is -0.435. The van der Waals surface area contributed by atoms with E-state index in [0.717, 1.165) is 32.8 Å². The van der Waals surface area contributed by atoms with Gasteiger partial charge in [0.05, 0.1) is 5.39 Å². The topological polar surface area (TPSA) is 90.9 Å². The van der Waals surface area contributed by atoms with Crippen LogP contribution in [0.4, 0.5) is 5.82 Å². The van der Waals surface area contributed by atoms with E-state index in [1.807, 2.05) is 54.7 Å². The van der Waals surface area contributed by atoms with Crippen LogP contribution in [0.3, 0.4) is 0 Å². The first-order valence-corrected chi connectivity index (χ1v) is 10.0. The SMILES string of the molecule is O=C(O)C(Cc1ccccc1)Nc1ncnc2[nH]cc(-c3cccc4ccccc34)c12. The minimum atomic E-state index is -0.933. The fraction of sp³-hybridized carbons (Fsp3) is 0.0800. The van der Waals surface area contributed by atoms with Gasteiger partial charge in [-0.25, -0.2) is 14.8 Å². The van der Waals surface area contributed by atoms with Crippen molar-refractivity contribution in [1.82, 2.24) is 15.0 Å². The standard InChI is InChI=1S/C25H20N4O2/c30-25(31)21(13-16-7-2-1-3-8-16)29-24-22-20(14-26-23(22)27-15-28-24)19-12-6-10-17-9-4-5-11-18(17)19/h1-12,14-15,21H,13H2,(H,30,31)(H2,26,27,28,29). The highest BCUT2D eigenvalue weighted by atomic mass is 16.4. The summed E-state index contributed by atoms with van der Waals surface area (Å²) in [6, 6.07) is 23.1. The quantitative estimate of drug-likeness (QED) is 0.372. The molecule has 0 bridgehead atoms. The van der Waals surface area contributed by atoms with Gasteiger partial charge in [0.2, 0.25) is 0 Å².